The van der Waals surface area contributed by atoms with Crippen LogP contribution in [-0.4, -0.2) is 18.1 Å². The molecule has 0 radical (unpaired) electrons. The summed E-state index contributed by atoms with van der Waals surface area (Å²) in [5.41, 5.74) is 1.15. The van der Waals surface area contributed by atoms with Gasteiger partial charge in [-0.2, -0.15) is 0 Å². The largest absolute Gasteiger partial charge is 0.445 e. The second-order valence-corrected chi connectivity index (χ2v) is 5.45. The van der Waals surface area contributed by atoms with E-state index in [0.29, 0.717) is 5.92 Å². The smallest absolute Gasteiger partial charge is 0.198 e. The van der Waals surface area contributed by atoms with Crippen LogP contribution < -0.4 is 5.32 Å². The third-order valence-corrected chi connectivity index (χ3v) is 3.72. The lowest BCUT2D eigenvalue weighted by Gasteiger charge is -2.19. The molecule has 2 aromatic rings. The summed E-state index contributed by atoms with van der Waals surface area (Å²) < 4.78 is 5.87. The number of hydrogen-bond acceptors (Lipinski definition) is 3. The Morgan fingerprint density at radius 1 is 1.33 bits per heavy atom. The van der Waals surface area contributed by atoms with E-state index >= 15 is 0 Å². The van der Waals surface area contributed by atoms with E-state index in [1.54, 1.807) is 0 Å². The molecule has 1 atom stereocenters. The number of benzene rings is 1. The van der Waals surface area contributed by atoms with Crippen molar-refractivity contribution < 1.29 is 4.42 Å². The Hall–Kier alpha value is -0.740. The molecule has 0 saturated carbocycles. The Morgan fingerprint density at radius 3 is 2.90 bits per heavy atom. The van der Waals surface area contributed by atoms with E-state index < -0.39 is 0 Å². The van der Waals surface area contributed by atoms with Gasteiger partial charge < -0.3 is 9.73 Å². The van der Waals surface area contributed by atoms with Crippen LogP contribution in [0.4, 0.5) is 0 Å². The number of aromatic nitrogens is 1. The van der Waals surface area contributed by atoms with Gasteiger partial charge in [0.1, 0.15) is 5.76 Å². The monoisotopic (exact) mass is 348 g/mol. The van der Waals surface area contributed by atoms with Crippen LogP contribution in [0.5, 0.6) is 0 Å². The molecule has 1 aliphatic rings. The molecule has 3 nitrogen and oxygen atoms in total. The lowest BCUT2D eigenvalue weighted by Crippen LogP contribution is -2.28. The summed E-state index contributed by atoms with van der Waals surface area (Å²) in [6.07, 6.45) is 4.93. The van der Waals surface area contributed by atoms with Crippen molar-refractivity contribution in [3.63, 3.8) is 0 Å². The number of nitrogens with one attached hydrogen (secondary N) is 1. The predicted molar refractivity (Wildman–Crippen MR) is 90.1 cm³/mol. The molecule has 1 aromatic heterocycles. The van der Waals surface area contributed by atoms with Gasteiger partial charge in [0.15, 0.2) is 5.89 Å². The van der Waals surface area contributed by atoms with Crippen molar-refractivity contribution in [3.05, 3.63) is 52.7 Å². The summed E-state index contributed by atoms with van der Waals surface area (Å²) in [4.78, 5) is 4.42. The van der Waals surface area contributed by atoms with E-state index in [1.165, 1.54) is 6.42 Å². The summed E-state index contributed by atoms with van der Waals surface area (Å²) in [5, 5.41) is 4.14. The van der Waals surface area contributed by atoms with Crippen LogP contribution in [0.3, 0.4) is 0 Å². The van der Waals surface area contributed by atoms with E-state index in [9.17, 15) is 0 Å². The molecule has 1 saturated heterocycles. The van der Waals surface area contributed by atoms with E-state index in [0.717, 1.165) is 48.2 Å². The van der Waals surface area contributed by atoms with Crippen molar-refractivity contribution in [1.82, 2.24) is 10.3 Å². The third kappa shape index (κ3) is 4.89. The second-order valence-electron chi connectivity index (χ2n) is 5.01. The van der Waals surface area contributed by atoms with Gasteiger partial charge in [0.2, 0.25) is 0 Å². The van der Waals surface area contributed by atoms with Gasteiger partial charge in [-0.15, -0.1) is 24.8 Å². The van der Waals surface area contributed by atoms with Gasteiger partial charge in [0.05, 0.1) is 6.20 Å². The van der Waals surface area contributed by atoms with Gasteiger partial charge in [-0.05, 0) is 37.1 Å². The van der Waals surface area contributed by atoms with E-state index in [2.05, 4.69) is 16.4 Å². The number of hydrogen-bond donors (Lipinski definition) is 1. The third-order valence-electron chi connectivity index (χ3n) is 3.48. The summed E-state index contributed by atoms with van der Waals surface area (Å²) in [5.74, 6) is 2.19. The Bertz CT molecular complexity index is 553. The lowest BCUT2D eigenvalue weighted by molar-refractivity contribution is 0.365. The zero-order valence-electron chi connectivity index (χ0n) is 11.5. The van der Waals surface area contributed by atoms with Crippen molar-refractivity contribution >= 4 is 36.4 Å². The van der Waals surface area contributed by atoms with Crippen LogP contribution in [0.15, 0.2) is 34.9 Å². The first-order chi connectivity index (χ1) is 9.31. The van der Waals surface area contributed by atoms with Crippen LogP contribution in [-0.2, 0) is 6.42 Å². The van der Waals surface area contributed by atoms with E-state index in [4.69, 9.17) is 16.0 Å². The first-order valence-corrected chi connectivity index (χ1v) is 7.09. The van der Waals surface area contributed by atoms with E-state index in [-0.39, 0.29) is 24.8 Å². The van der Waals surface area contributed by atoms with Crippen LogP contribution in [0.25, 0.3) is 0 Å². The van der Waals surface area contributed by atoms with Gasteiger partial charge in [0, 0.05) is 23.9 Å². The summed E-state index contributed by atoms with van der Waals surface area (Å²) in [7, 11) is 0. The maximum atomic E-state index is 5.98. The maximum absolute atomic E-state index is 5.98. The van der Waals surface area contributed by atoms with Crippen molar-refractivity contribution in [2.75, 3.05) is 13.1 Å². The highest BCUT2D eigenvalue weighted by Gasteiger charge is 2.20. The van der Waals surface area contributed by atoms with Gasteiger partial charge in [-0.1, -0.05) is 23.7 Å². The fraction of sp³-hybridized carbons (Fsp3) is 0.400. The number of nitrogens with zero attached hydrogens (tertiary/aromatic N) is 1. The van der Waals surface area contributed by atoms with Crippen molar-refractivity contribution in [3.8, 4) is 0 Å². The highest BCUT2D eigenvalue weighted by atomic mass is 35.5. The number of halogens is 3. The Kier molecular flexibility index (Phi) is 7.53. The molecule has 1 unspecified atom stereocenters. The molecule has 0 aliphatic carbocycles. The fourth-order valence-corrected chi connectivity index (χ4v) is 2.72. The quantitative estimate of drug-likeness (QED) is 0.901. The van der Waals surface area contributed by atoms with Gasteiger partial charge in [-0.25, -0.2) is 4.98 Å². The van der Waals surface area contributed by atoms with Crippen LogP contribution in [0.1, 0.15) is 36.0 Å². The molecule has 1 fully saturated rings. The average Bonchev–Trinajstić information content (AvgIpc) is 2.88. The summed E-state index contributed by atoms with van der Waals surface area (Å²) >= 11 is 5.98. The summed E-state index contributed by atoms with van der Waals surface area (Å²) in [6, 6.07) is 7.85. The van der Waals surface area contributed by atoms with Crippen LogP contribution in [0, 0.1) is 0 Å². The number of rotatable bonds is 3. The highest BCUT2D eigenvalue weighted by molar-refractivity contribution is 6.30. The minimum Gasteiger partial charge on any atom is -0.445 e. The standard InChI is InChI=1S/C15H17ClN2O.2ClH/c16-13-5-1-3-11(7-13)8-14-10-18-15(19-14)12-4-2-6-17-9-12;;/h1,3,5,7,10,12,17H,2,4,6,8-9H2;2*1H. The second kappa shape index (κ2) is 8.64. The molecule has 2 heterocycles. The number of oxazole rings is 1. The first-order valence-electron chi connectivity index (χ1n) is 6.71. The van der Waals surface area contributed by atoms with Crippen molar-refractivity contribution in [1.29, 1.82) is 0 Å². The molecule has 21 heavy (non-hydrogen) atoms. The molecule has 0 amide bonds. The van der Waals surface area contributed by atoms with Gasteiger partial charge in [0.25, 0.3) is 0 Å². The average molecular weight is 350 g/mol. The van der Waals surface area contributed by atoms with Crippen LogP contribution >= 0.6 is 36.4 Å². The Morgan fingerprint density at radius 2 is 2.19 bits per heavy atom. The summed E-state index contributed by atoms with van der Waals surface area (Å²) in [6.45, 7) is 2.07. The van der Waals surface area contributed by atoms with Gasteiger partial charge in [-0.3, -0.25) is 0 Å². The molecule has 1 aliphatic heterocycles. The molecule has 0 spiro atoms. The zero-order chi connectivity index (χ0) is 13.1. The fourth-order valence-electron chi connectivity index (χ4n) is 2.50. The number of piperidine rings is 1. The zero-order valence-corrected chi connectivity index (χ0v) is 13.9. The molecular formula is C15H19Cl3N2O. The lowest BCUT2D eigenvalue weighted by atomic mass is 10.00. The van der Waals surface area contributed by atoms with Crippen LogP contribution in [0.2, 0.25) is 5.02 Å². The SMILES string of the molecule is Cl.Cl.Clc1cccc(Cc2cnc(C3CCCNC3)o2)c1. The predicted octanol–water partition coefficient (Wildman–Crippen LogP) is 4.23. The maximum Gasteiger partial charge on any atom is 0.198 e. The molecular weight excluding hydrogens is 331 g/mol. The Balaban J connectivity index is 0.00000110. The molecule has 1 aromatic carbocycles. The van der Waals surface area contributed by atoms with E-state index in [1.807, 2.05) is 24.4 Å². The minimum absolute atomic E-state index is 0. The van der Waals surface area contributed by atoms with Gasteiger partial charge >= 0.3 is 0 Å². The molecule has 1 N–H and O–H groups in total. The van der Waals surface area contributed by atoms with Crippen molar-refractivity contribution in [2.45, 2.75) is 25.2 Å². The molecule has 116 valence electrons. The molecule has 3 rings (SSSR count). The molecule has 0 bridgehead atoms. The topological polar surface area (TPSA) is 38.1 Å². The minimum atomic E-state index is 0. The first kappa shape index (κ1) is 18.3. The van der Waals surface area contributed by atoms with Crippen molar-refractivity contribution in [2.24, 2.45) is 0 Å². The normalized spacial score (nSPS) is 17.7. The highest BCUT2D eigenvalue weighted by Crippen LogP contribution is 2.24. The molecule has 6 heteroatoms. The Labute approximate surface area is 142 Å².